The van der Waals surface area contributed by atoms with Gasteiger partial charge in [0.05, 0.1) is 13.7 Å². The number of ether oxygens (including phenoxy) is 2. The standard InChI is InChI=1S/C15H19NO3/c1-4-10-16-14(11-15(17)19-5-2)12-6-8-13(18-3)9-7-12/h4,6-9,11,16H,1,5,10H2,2-3H3/b14-11-. The molecule has 0 atom stereocenters. The molecule has 0 aromatic heterocycles. The fourth-order valence-electron chi connectivity index (χ4n) is 1.49. The van der Waals surface area contributed by atoms with Crippen LogP contribution in [0.1, 0.15) is 12.5 Å². The zero-order valence-corrected chi connectivity index (χ0v) is 11.3. The summed E-state index contributed by atoms with van der Waals surface area (Å²) < 4.78 is 10.0. The van der Waals surface area contributed by atoms with Gasteiger partial charge in [0.1, 0.15) is 5.75 Å². The van der Waals surface area contributed by atoms with Crippen molar-refractivity contribution in [3.8, 4) is 5.75 Å². The third-order valence-electron chi connectivity index (χ3n) is 2.39. The van der Waals surface area contributed by atoms with Crippen LogP contribution in [0.3, 0.4) is 0 Å². The Balaban J connectivity index is 2.94. The summed E-state index contributed by atoms with van der Waals surface area (Å²) in [5.41, 5.74) is 1.58. The van der Waals surface area contributed by atoms with Crippen LogP contribution in [0.4, 0.5) is 0 Å². The van der Waals surface area contributed by atoms with Gasteiger partial charge in [0, 0.05) is 18.3 Å². The van der Waals surface area contributed by atoms with Crippen molar-refractivity contribution in [2.75, 3.05) is 20.3 Å². The molecule has 1 aromatic rings. The summed E-state index contributed by atoms with van der Waals surface area (Å²) in [6, 6.07) is 7.42. The highest BCUT2D eigenvalue weighted by Gasteiger charge is 2.05. The first-order valence-corrected chi connectivity index (χ1v) is 6.09. The second-order valence-electron chi connectivity index (χ2n) is 3.71. The van der Waals surface area contributed by atoms with Gasteiger partial charge in [-0.1, -0.05) is 6.08 Å². The van der Waals surface area contributed by atoms with Gasteiger partial charge in [-0.2, -0.15) is 0 Å². The second kappa shape index (κ2) is 7.97. The molecule has 19 heavy (non-hydrogen) atoms. The maximum Gasteiger partial charge on any atom is 0.332 e. The Labute approximate surface area is 113 Å². The molecule has 4 heteroatoms. The Morgan fingerprint density at radius 3 is 2.58 bits per heavy atom. The summed E-state index contributed by atoms with van der Waals surface area (Å²) in [6.45, 7) is 6.34. The first-order valence-electron chi connectivity index (χ1n) is 6.09. The van der Waals surface area contributed by atoms with Crippen LogP contribution < -0.4 is 10.1 Å². The first-order chi connectivity index (χ1) is 9.21. The van der Waals surface area contributed by atoms with E-state index in [4.69, 9.17) is 9.47 Å². The molecule has 0 aliphatic carbocycles. The normalized spacial score (nSPS) is 10.7. The van der Waals surface area contributed by atoms with E-state index in [2.05, 4.69) is 11.9 Å². The fourth-order valence-corrected chi connectivity index (χ4v) is 1.49. The Kier molecular flexibility index (Phi) is 6.22. The molecule has 0 unspecified atom stereocenters. The molecule has 0 saturated carbocycles. The summed E-state index contributed by atoms with van der Waals surface area (Å²) >= 11 is 0. The fraction of sp³-hybridized carbons (Fsp3) is 0.267. The lowest BCUT2D eigenvalue weighted by atomic mass is 10.1. The predicted molar refractivity (Wildman–Crippen MR) is 75.8 cm³/mol. The Morgan fingerprint density at radius 1 is 1.37 bits per heavy atom. The molecule has 0 amide bonds. The number of esters is 1. The minimum Gasteiger partial charge on any atom is -0.497 e. The molecule has 0 aliphatic rings. The zero-order chi connectivity index (χ0) is 14.1. The van der Waals surface area contributed by atoms with Gasteiger partial charge in [-0.3, -0.25) is 0 Å². The average molecular weight is 261 g/mol. The van der Waals surface area contributed by atoms with E-state index in [1.54, 1.807) is 20.1 Å². The number of rotatable bonds is 7. The van der Waals surface area contributed by atoms with Crippen molar-refractivity contribution in [3.05, 3.63) is 48.6 Å². The number of benzene rings is 1. The quantitative estimate of drug-likeness (QED) is 0.465. The van der Waals surface area contributed by atoms with Gasteiger partial charge in [0.15, 0.2) is 0 Å². The lowest BCUT2D eigenvalue weighted by Crippen LogP contribution is -2.14. The number of carbonyl (C=O) groups excluding carboxylic acids is 1. The molecule has 0 aliphatic heterocycles. The molecule has 1 N–H and O–H groups in total. The summed E-state index contributed by atoms with van der Waals surface area (Å²) in [7, 11) is 1.61. The van der Waals surface area contributed by atoms with Crippen LogP contribution >= 0.6 is 0 Å². The van der Waals surface area contributed by atoms with E-state index < -0.39 is 0 Å². The molecule has 4 nitrogen and oxygen atoms in total. The Bertz CT molecular complexity index is 449. The van der Waals surface area contributed by atoms with Crippen LogP contribution in [0.5, 0.6) is 5.75 Å². The van der Waals surface area contributed by atoms with Gasteiger partial charge in [-0.25, -0.2) is 4.79 Å². The number of carbonyl (C=O) groups is 1. The summed E-state index contributed by atoms with van der Waals surface area (Å²) in [4.78, 5) is 11.5. The van der Waals surface area contributed by atoms with Gasteiger partial charge in [-0.05, 0) is 36.8 Å². The maximum absolute atomic E-state index is 11.5. The zero-order valence-electron chi connectivity index (χ0n) is 11.3. The van der Waals surface area contributed by atoms with E-state index >= 15 is 0 Å². The van der Waals surface area contributed by atoms with Crippen LogP contribution in [0.2, 0.25) is 0 Å². The van der Waals surface area contributed by atoms with Crippen molar-refractivity contribution >= 4 is 11.7 Å². The van der Waals surface area contributed by atoms with Crippen molar-refractivity contribution in [2.24, 2.45) is 0 Å². The van der Waals surface area contributed by atoms with Crippen molar-refractivity contribution in [3.63, 3.8) is 0 Å². The maximum atomic E-state index is 11.5. The smallest absolute Gasteiger partial charge is 0.332 e. The highest BCUT2D eigenvalue weighted by molar-refractivity contribution is 5.90. The molecular formula is C15H19NO3. The van der Waals surface area contributed by atoms with Crippen LogP contribution in [0, 0.1) is 0 Å². The monoisotopic (exact) mass is 261 g/mol. The molecule has 0 fully saturated rings. The summed E-state index contributed by atoms with van der Waals surface area (Å²) in [6.07, 6.45) is 3.16. The molecule has 0 bridgehead atoms. The van der Waals surface area contributed by atoms with Crippen LogP contribution in [-0.2, 0) is 9.53 Å². The van der Waals surface area contributed by atoms with E-state index in [0.717, 1.165) is 11.3 Å². The van der Waals surface area contributed by atoms with Crippen molar-refractivity contribution in [2.45, 2.75) is 6.92 Å². The van der Waals surface area contributed by atoms with Gasteiger partial charge >= 0.3 is 5.97 Å². The highest BCUT2D eigenvalue weighted by atomic mass is 16.5. The third kappa shape index (κ3) is 4.87. The van der Waals surface area contributed by atoms with E-state index in [1.165, 1.54) is 6.08 Å². The topological polar surface area (TPSA) is 47.6 Å². The van der Waals surface area contributed by atoms with Crippen LogP contribution in [0.15, 0.2) is 43.0 Å². The largest absolute Gasteiger partial charge is 0.497 e. The second-order valence-corrected chi connectivity index (χ2v) is 3.71. The minimum atomic E-state index is -0.370. The molecule has 0 heterocycles. The first kappa shape index (κ1) is 14.8. The van der Waals surface area contributed by atoms with Gasteiger partial charge in [0.25, 0.3) is 0 Å². The van der Waals surface area contributed by atoms with E-state index in [-0.39, 0.29) is 5.97 Å². The molecule has 0 spiro atoms. The van der Waals surface area contributed by atoms with Crippen LogP contribution in [-0.4, -0.2) is 26.2 Å². The van der Waals surface area contributed by atoms with Gasteiger partial charge < -0.3 is 14.8 Å². The third-order valence-corrected chi connectivity index (χ3v) is 2.39. The molecule has 0 radical (unpaired) electrons. The Hall–Kier alpha value is -2.23. The molecule has 1 rings (SSSR count). The molecule has 0 saturated heterocycles. The lowest BCUT2D eigenvalue weighted by molar-refractivity contribution is -0.137. The number of hydrogen-bond donors (Lipinski definition) is 1. The van der Waals surface area contributed by atoms with E-state index in [9.17, 15) is 4.79 Å². The molecular weight excluding hydrogens is 242 g/mol. The number of hydrogen-bond acceptors (Lipinski definition) is 4. The SMILES string of the molecule is C=CCN/C(=C\C(=O)OCC)c1ccc(OC)cc1. The van der Waals surface area contributed by atoms with Crippen molar-refractivity contribution in [1.29, 1.82) is 0 Å². The summed E-state index contributed by atoms with van der Waals surface area (Å²) in [5, 5.41) is 3.11. The van der Waals surface area contributed by atoms with E-state index in [1.807, 2.05) is 24.3 Å². The molecule has 102 valence electrons. The molecule has 1 aromatic carbocycles. The number of methoxy groups -OCH3 is 1. The van der Waals surface area contributed by atoms with Crippen molar-refractivity contribution < 1.29 is 14.3 Å². The predicted octanol–water partition coefficient (Wildman–Crippen LogP) is 2.37. The van der Waals surface area contributed by atoms with Gasteiger partial charge in [0.2, 0.25) is 0 Å². The average Bonchev–Trinajstić information content (AvgIpc) is 2.44. The number of nitrogens with one attached hydrogen (secondary N) is 1. The summed E-state index contributed by atoms with van der Waals surface area (Å²) in [5.74, 6) is 0.396. The van der Waals surface area contributed by atoms with Gasteiger partial charge in [-0.15, -0.1) is 6.58 Å². The van der Waals surface area contributed by atoms with Crippen molar-refractivity contribution in [1.82, 2.24) is 5.32 Å². The van der Waals surface area contributed by atoms with E-state index in [0.29, 0.717) is 18.8 Å². The Morgan fingerprint density at radius 2 is 2.05 bits per heavy atom. The highest BCUT2D eigenvalue weighted by Crippen LogP contribution is 2.17. The minimum absolute atomic E-state index is 0.354. The van der Waals surface area contributed by atoms with Crippen LogP contribution in [0.25, 0.3) is 5.70 Å². The lowest BCUT2D eigenvalue weighted by Gasteiger charge is -2.10.